The van der Waals surface area contributed by atoms with Gasteiger partial charge in [-0.05, 0) is 33.2 Å². The first-order chi connectivity index (χ1) is 9.56. The van der Waals surface area contributed by atoms with E-state index in [0.29, 0.717) is 18.1 Å². The number of urea groups is 1. The van der Waals surface area contributed by atoms with Gasteiger partial charge in [0.15, 0.2) is 5.82 Å². The van der Waals surface area contributed by atoms with E-state index in [1.807, 2.05) is 31.1 Å². The Kier molecular flexibility index (Phi) is 4.41. The van der Waals surface area contributed by atoms with Crippen molar-refractivity contribution in [3.63, 3.8) is 0 Å². The summed E-state index contributed by atoms with van der Waals surface area (Å²) in [6.45, 7) is 2.18. The van der Waals surface area contributed by atoms with Crippen LogP contribution < -0.4 is 10.6 Å². The molecule has 0 bridgehead atoms. The van der Waals surface area contributed by atoms with E-state index in [2.05, 4.69) is 15.8 Å². The van der Waals surface area contributed by atoms with Gasteiger partial charge >= 0.3 is 6.03 Å². The van der Waals surface area contributed by atoms with Gasteiger partial charge in [-0.15, -0.1) is 0 Å². The Morgan fingerprint density at radius 1 is 1.50 bits per heavy atom. The molecule has 7 heteroatoms. The molecule has 1 atom stereocenters. The summed E-state index contributed by atoms with van der Waals surface area (Å²) < 4.78 is 10.2. The molecule has 2 rings (SSSR count). The molecule has 108 valence electrons. The molecule has 2 heterocycles. The first-order valence-corrected chi connectivity index (χ1v) is 6.24. The van der Waals surface area contributed by atoms with Crippen molar-refractivity contribution < 1.29 is 13.7 Å². The van der Waals surface area contributed by atoms with Gasteiger partial charge in [-0.2, -0.15) is 0 Å². The van der Waals surface area contributed by atoms with Gasteiger partial charge in [0.1, 0.15) is 11.5 Å². The lowest BCUT2D eigenvalue weighted by atomic mass is 10.2. The van der Waals surface area contributed by atoms with Gasteiger partial charge in [0.2, 0.25) is 0 Å². The van der Waals surface area contributed by atoms with E-state index in [9.17, 15) is 4.79 Å². The number of hydrogen-bond donors (Lipinski definition) is 2. The summed E-state index contributed by atoms with van der Waals surface area (Å²) in [4.78, 5) is 13.7. The molecule has 0 aliphatic heterocycles. The van der Waals surface area contributed by atoms with Gasteiger partial charge in [-0.1, -0.05) is 5.16 Å². The van der Waals surface area contributed by atoms with Crippen LogP contribution in [-0.4, -0.2) is 36.7 Å². The number of amides is 2. The second-order valence-corrected chi connectivity index (χ2v) is 4.65. The number of nitrogens with one attached hydrogen (secondary N) is 2. The Labute approximate surface area is 116 Å². The third-order valence-electron chi connectivity index (χ3n) is 2.82. The SMILES string of the molecule is Cc1cc(NC(=O)NC[C@H](c2ccco2)N(C)C)no1. The van der Waals surface area contributed by atoms with Gasteiger partial charge in [0, 0.05) is 12.6 Å². The predicted molar refractivity (Wildman–Crippen MR) is 73.4 cm³/mol. The fraction of sp³-hybridized carbons (Fsp3) is 0.385. The van der Waals surface area contributed by atoms with Crippen LogP contribution in [0.25, 0.3) is 0 Å². The van der Waals surface area contributed by atoms with Gasteiger partial charge in [0.25, 0.3) is 0 Å². The Bertz CT molecular complexity index is 548. The van der Waals surface area contributed by atoms with Crippen LogP contribution in [0.5, 0.6) is 0 Å². The number of hydrogen-bond acceptors (Lipinski definition) is 5. The summed E-state index contributed by atoms with van der Waals surface area (Å²) in [5, 5.41) is 9.07. The van der Waals surface area contributed by atoms with E-state index < -0.39 is 0 Å². The molecular weight excluding hydrogens is 260 g/mol. The molecule has 2 aromatic rings. The van der Waals surface area contributed by atoms with E-state index >= 15 is 0 Å². The van der Waals surface area contributed by atoms with Crippen LogP contribution in [0, 0.1) is 6.92 Å². The van der Waals surface area contributed by atoms with E-state index in [1.54, 1.807) is 19.3 Å². The third-order valence-corrected chi connectivity index (χ3v) is 2.82. The largest absolute Gasteiger partial charge is 0.468 e. The number of furan rings is 1. The molecule has 0 fully saturated rings. The molecular formula is C13H18N4O3. The zero-order valence-corrected chi connectivity index (χ0v) is 11.7. The fourth-order valence-electron chi connectivity index (χ4n) is 1.79. The highest BCUT2D eigenvalue weighted by Crippen LogP contribution is 2.17. The van der Waals surface area contributed by atoms with Crippen molar-refractivity contribution in [2.45, 2.75) is 13.0 Å². The molecule has 2 amide bonds. The molecule has 20 heavy (non-hydrogen) atoms. The number of rotatable bonds is 5. The number of nitrogens with zero attached hydrogens (tertiary/aromatic N) is 2. The van der Waals surface area contributed by atoms with Crippen molar-refractivity contribution in [1.82, 2.24) is 15.4 Å². The maximum atomic E-state index is 11.8. The lowest BCUT2D eigenvalue weighted by molar-refractivity contribution is 0.233. The van der Waals surface area contributed by atoms with Gasteiger partial charge in [-0.25, -0.2) is 4.79 Å². The van der Waals surface area contributed by atoms with Crippen molar-refractivity contribution in [2.75, 3.05) is 26.0 Å². The normalized spacial score (nSPS) is 12.4. The molecule has 2 aromatic heterocycles. The molecule has 0 aliphatic carbocycles. The van der Waals surface area contributed by atoms with Crippen LogP contribution in [0.2, 0.25) is 0 Å². The summed E-state index contributed by atoms with van der Waals surface area (Å²) in [6, 6.07) is 4.98. The first kappa shape index (κ1) is 14.1. The number of likely N-dealkylation sites (N-methyl/N-ethyl adjacent to an activating group) is 1. The Balaban J connectivity index is 1.88. The maximum absolute atomic E-state index is 11.8. The molecule has 0 spiro atoms. The monoisotopic (exact) mass is 278 g/mol. The van der Waals surface area contributed by atoms with Crippen molar-refractivity contribution in [1.29, 1.82) is 0 Å². The quantitative estimate of drug-likeness (QED) is 0.874. The lowest BCUT2D eigenvalue weighted by Crippen LogP contribution is -2.36. The number of carbonyl (C=O) groups is 1. The Morgan fingerprint density at radius 2 is 2.30 bits per heavy atom. The lowest BCUT2D eigenvalue weighted by Gasteiger charge is -2.22. The highest BCUT2D eigenvalue weighted by atomic mass is 16.5. The van der Waals surface area contributed by atoms with Crippen LogP contribution in [0.3, 0.4) is 0 Å². The van der Waals surface area contributed by atoms with Gasteiger partial charge in [-0.3, -0.25) is 10.2 Å². The van der Waals surface area contributed by atoms with Crippen molar-refractivity contribution in [3.8, 4) is 0 Å². The van der Waals surface area contributed by atoms with Crippen LogP contribution in [0.4, 0.5) is 10.6 Å². The second-order valence-electron chi connectivity index (χ2n) is 4.65. The molecule has 0 radical (unpaired) electrons. The average molecular weight is 278 g/mol. The third kappa shape index (κ3) is 3.61. The zero-order valence-electron chi connectivity index (χ0n) is 11.7. The summed E-state index contributed by atoms with van der Waals surface area (Å²) in [6.07, 6.45) is 1.62. The van der Waals surface area contributed by atoms with Crippen LogP contribution >= 0.6 is 0 Å². The first-order valence-electron chi connectivity index (χ1n) is 6.24. The number of anilines is 1. The minimum Gasteiger partial charge on any atom is -0.468 e. The minimum absolute atomic E-state index is 0.0326. The topological polar surface area (TPSA) is 83.5 Å². The Hall–Kier alpha value is -2.28. The highest BCUT2D eigenvalue weighted by Gasteiger charge is 2.18. The van der Waals surface area contributed by atoms with Gasteiger partial charge < -0.3 is 14.3 Å². The van der Waals surface area contributed by atoms with Crippen molar-refractivity contribution in [3.05, 3.63) is 36.0 Å². The van der Waals surface area contributed by atoms with Crippen molar-refractivity contribution >= 4 is 11.8 Å². The van der Waals surface area contributed by atoms with Crippen molar-refractivity contribution in [2.24, 2.45) is 0 Å². The summed E-state index contributed by atoms with van der Waals surface area (Å²) in [5.74, 6) is 1.83. The molecule has 0 saturated heterocycles. The number of aromatic nitrogens is 1. The summed E-state index contributed by atoms with van der Waals surface area (Å²) >= 11 is 0. The number of aryl methyl sites for hydroxylation is 1. The fourth-order valence-corrected chi connectivity index (χ4v) is 1.79. The van der Waals surface area contributed by atoms with E-state index in [1.165, 1.54) is 0 Å². The smallest absolute Gasteiger partial charge is 0.320 e. The van der Waals surface area contributed by atoms with E-state index in [-0.39, 0.29) is 12.1 Å². The second kappa shape index (κ2) is 6.25. The molecule has 2 N–H and O–H groups in total. The highest BCUT2D eigenvalue weighted by molar-refractivity contribution is 5.88. The molecule has 0 saturated carbocycles. The van der Waals surface area contributed by atoms with E-state index in [0.717, 1.165) is 5.76 Å². The average Bonchev–Trinajstić information content (AvgIpc) is 3.01. The number of carbonyl (C=O) groups excluding carboxylic acids is 1. The molecule has 0 aliphatic rings. The summed E-state index contributed by atoms with van der Waals surface area (Å²) in [5.41, 5.74) is 0. The molecule has 0 unspecified atom stereocenters. The standard InChI is InChI=1S/C13H18N4O3/c1-9-7-12(16-20-9)15-13(18)14-8-10(17(2)3)11-5-4-6-19-11/h4-7,10H,8H2,1-3H3,(H2,14,15,16,18)/t10-/m1/s1. The van der Waals surface area contributed by atoms with E-state index in [4.69, 9.17) is 8.94 Å². The van der Waals surface area contributed by atoms with Crippen LogP contribution in [0.15, 0.2) is 33.4 Å². The maximum Gasteiger partial charge on any atom is 0.320 e. The Morgan fingerprint density at radius 3 is 2.85 bits per heavy atom. The predicted octanol–water partition coefficient (Wildman–Crippen LogP) is 2.00. The summed E-state index contributed by atoms with van der Waals surface area (Å²) in [7, 11) is 3.85. The molecule has 0 aromatic carbocycles. The molecule has 7 nitrogen and oxygen atoms in total. The van der Waals surface area contributed by atoms with Gasteiger partial charge in [0.05, 0.1) is 12.3 Å². The van der Waals surface area contributed by atoms with Crippen LogP contribution in [-0.2, 0) is 0 Å². The minimum atomic E-state index is -0.336. The zero-order chi connectivity index (χ0) is 14.5. The van der Waals surface area contributed by atoms with Crippen LogP contribution in [0.1, 0.15) is 17.6 Å².